The van der Waals surface area contributed by atoms with E-state index in [0.717, 1.165) is 0 Å². The van der Waals surface area contributed by atoms with Gasteiger partial charge in [0, 0.05) is 0 Å². The molecule has 0 aliphatic rings. The Morgan fingerprint density at radius 3 is 2.00 bits per heavy atom. The molecule has 0 saturated heterocycles. The number of aliphatic hydroxyl groups is 2. The van der Waals surface area contributed by atoms with Crippen molar-refractivity contribution in [2.24, 2.45) is 0 Å². The van der Waals surface area contributed by atoms with E-state index >= 15 is 0 Å². The summed E-state index contributed by atoms with van der Waals surface area (Å²) in [5.41, 5.74) is 0. The minimum atomic E-state index is -1.63. The fraction of sp³-hybridized carbons (Fsp3) is 0.667. The molecule has 0 bridgehead atoms. The van der Waals surface area contributed by atoms with Gasteiger partial charge in [0.2, 0.25) is 0 Å². The van der Waals surface area contributed by atoms with Crippen LogP contribution >= 0.6 is 0 Å². The van der Waals surface area contributed by atoms with Crippen LogP contribution in [0.25, 0.3) is 0 Å². The van der Waals surface area contributed by atoms with Gasteiger partial charge in [-0.15, -0.1) is 0 Å². The van der Waals surface area contributed by atoms with E-state index in [-0.39, 0.29) is 45.5 Å². The van der Waals surface area contributed by atoms with Crippen LogP contribution in [0, 0.1) is 0 Å². The SMILES string of the molecule is O=C(O)C(O)CO.[SrH2]. The van der Waals surface area contributed by atoms with Gasteiger partial charge in [0.25, 0.3) is 0 Å². The van der Waals surface area contributed by atoms with Gasteiger partial charge in [0.1, 0.15) is 0 Å². The molecule has 0 spiro atoms. The first kappa shape index (κ1) is 11.6. The van der Waals surface area contributed by atoms with Gasteiger partial charge in [0.05, 0.1) is 6.61 Å². The summed E-state index contributed by atoms with van der Waals surface area (Å²) < 4.78 is 0. The molecule has 0 aliphatic carbocycles. The minimum absolute atomic E-state index is 0. The molecule has 0 amide bonds. The number of rotatable bonds is 2. The zero-order chi connectivity index (χ0) is 5.86. The Kier molecular flexibility index (Phi) is 8.73. The van der Waals surface area contributed by atoms with Crippen LogP contribution in [0.5, 0.6) is 0 Å². The van der Waals surface area contributed by atoms with Crippen molar-refractivity contribution in [2.75, 3.05) is 6.61 Å². The van der Waals surface area contributed by atoms with E-state index in [0.29, 0.717) is 0 Å². The van der Waals surface area contributed by atoms with E-state index in [1.807, 2.05) is 0 Å². The topological polar surface area (TPSA) is 77.8 Å². The van der Waals surface area contributed by atoms with Gasteiger partial charge in [-0.1, -0.05) is 0 Å². The molecular weight excluding hydrogens is 188 g/mol. The summed E-state index contributed by atoms with van der Waals surface area (Å²) in [6.07, 6.45) is -1.63. The summed E-state index contributed by atoms with van der Waals surface area (Å²) in [6, 6.07) is 0. The number of carboxylic acid groups (broad SMARTS) is 1. The van der Waals surface area contributed by atoms with Gasteiger partial charge in [0.15, 0.2) is 6.10 Å². The van der Waals surface area contributed by atoms with Crippen molar-refractivity contribution in [3.8, 4) is 0 Å². The molecule has 0 aromatic carbocycles. The van der Waals surface area contributed by atoms with Crippen molar-refractivity contribution in [1.29, 1.82) is 0 Å². The van der Waals surface area contributed by atoms with Crippen LogP contribution in [0.3, 0.4) is 0 Å². The fourth-order valence-corrected chi connectivity index (χ4v) is 0.0781. The predicted octanol–water partition coefficient (Wildman–Crippen LogP) is -2.49. The van der Waals surface area contributed by atoms with Gasteiger partial charge < -0.3 is 15.3 Å². The second kappa shape index (κ2) is 6.00. The normalized spacial score (nSPS) is 11.8. The number of aliphatic hydroxyl groups excluding tert-OH is 2. The molecule has 1 unspecified atom stereocenters. The van der Waals surface area contributed by atoms with Crippen LogP contribution in [0.4, 0.5) is 0 Å². The van der Waals surface area contributed by atoms with Crippen molar-refractivity contribution in [2.45, 2.75) is 6.10 Å². The first-order valence-electron chi connectivity index (χ1n) is 1.70. The predicted molar refractivity (Wildman–Crippen MR) is 29.3 cm³/mol. The molecule has 0 aliphatic heterocycles. The van der Waals surface area contributed by atoms with Crippen molar-refractivity contribution >= 4 is 51.5 Å². The molecular formula is C3H8O4Sr. The zero-order valence-electron chi connectivity index (χ0n) is 3.53. The second-order valence-corrected chi connectivity index (χ2v) is 1.04. The average Bonchev–Trinajstić information content (AvgIpc) is 1.65. The summed E-state index contributed by atoms with van der Waals surface area (Å²) in [6.45, 7) is -0.727. The third kappa shape index (κ3) is 5.02. The number of aliphatic carboxylic acids is 1. The van der Waals surface area contributed by atoms with Crippen molar-refractivity contribution in [3.05, 3.63) is 0 Å². The molecule has 0 aromatic rings. The molecule has 3 N–H and O–H groups in total. The van der Waals surface area contributed by atoms with E-state index in [9.17, 15) is 4.79 Å². The van der Waals surface area contributed by atoms with Crippen LogP contribution in [-0.2, 0) is 4.79 Å². The Labute approximate surface area is 83.4 Å². The van der Waals surface area contributed by atoms with Crippen LogP contribution in [0.15, 0.2) is 0 Å². The quantitative estimate of drug-likeness (QED) is 0.426. The monoisotopic (exact) mass is 196 g/mol. The standard InChI is InChI=1S/C3H6O4.Sr.2H/c4-1-2(5)3(6)7;;;/h2,4-5H,1H2,(H,6,7);;;. The van der Waals surface area contributed by atoms with Crippen LogP contribution in [0.1, 0.15) is 0 Å². The molecule has 0 radical (unpaired) electrons. The molecule has 0 fully saturated rings. The summed E-state index contributed by atoms with van der Waals surface area (Å²) in [4.78, 5) is 9.52. The van der Waals surface area contributed by atoms with E-state index in [2.05, 4.69) is 0 Å². The molecule has 0 heterocycles. The Bertz CT molecular complexity index is 73.7. The number of carboxylic acids is 1. The van der Waals surface area contributed by atoms with Crippen molar-refractivity contribution in [1.82, 2.24) is 0 Å². The van der Waals surface area contributed by atoms with Crippen LogP contribution in [0.2, 0.25) is 0 Å². The first-order chi connectivity index (χ1) is 3.18. The molecule has 5 heteroatoms. The Balaban J connectivity index is 0. The molecule has 46 valence electrons. The summed E-state index contributed by atoms with van der Waals surface area (Å²) in [5, 5.41) is 23.7. The maximum atomic E-state index is 9.52. The molecule has 8 heavy (non-hydrogen) atoms. The number of hydrogen-bond acceptors (Lipinski definition) is 3. The average molecular weight is 196 g/mol. The Hall–Kier alpha value is 0.871. The Morgan fingerprint density at radius 2 is 2.00 bits per heavy atom. The van der Waals surface area contributed by atoms with Gasteiger partial charge >= 0.3 is 51.5 Å². The van der Waals surface area contributed by atoms with Crippen LogP contribution in [-0.4, -0.2) is 79.5 Å². The summed E-state index contributed by atoms with van der Waals surface area (Å²) in [5.74, 6) is -1.40. The van der Waals surface area contributed by atoms with Crippen molar-refractivity contribution in [3.63, 3.8) is 0 Å². The number of hydrogen-bond donors (Lipinski definition) is 3. The van der Waals surface area contributed by atoms with E-state index in [1.54, 1.807) is 0 Å². The first-order valence-corrected chi connectivity index (χ1v) is 1.70. The molecule has 1 atom stereocenters. The van der Waals surface area contributed by atoms with Crippen LogP contribution < -0.4 is 0 Å². The third-order valence-electron chi connectivity index (χ3n) is 0.458. The number of carbonyl (C=O) groups is 1. The van der Waals surface area contributed by atoms with Gasteiger partial charge in [-0.3, -0.25) is 0 Å². The molecule has 0 rings (SSSR count). The van der Waals surface area contributed by atoms with E-state index in [1.165, 1.54) is 0 Å². The van der Waals surface area contributed by atoms with Gasteiger partial charge in [-0.05, 0) is 0 Å². The fourth-order valence-electron chi connectivity index (χ4n) is 0.0781. The molecule has 0 saturated carbocycles. The van der Waals surface area contributed by atoms with Gasteiger partial charge in [-0.2, -0.15) is 0 Å². The summed E-state index contributed by atoms with van der Waals surface area (Å²) >= 11 is 0. The van der Waals surface area contributed by atoms with E-state index in [4.69, 9.17) is 15.3 Å². The summed E-state index contributed by atoms with van der Waals surface area (Å²) in [7, 11) is 0. The molecule has 4 nitrogen and oxygen atoms in total. The molecule has 0 aromatic heterocycles. The van der Waals surface area contributed by atoms with E-state index < -0.39 is 18.7 Å². The van der Waals surface area contributed by atoms with Crippen molar-refractivity contribution < 1.29 is 20.1 Å². The second-order valence-electron chi connectivity index (χ2n) is 1.04. The van der Waals surface area contributed by atoms with Gasteiger partial charge in [-0.25, -0.2) is 4.79 Å². The zero-order valence-corrected chi connectivity index (χ0v) is 3.53. The third-order valence-corrected chi connectivity index (χ3v) is 0.458. The maximum absolute atomic E-state index is 9.52. The Morgan fingerprint density at radius 1 is 1.62 bits per heavy atom.